The van der Waals surface area contributed by atoms with Crippen molar-refractivity contribution in [3.63, 3.8) is 0 Å². The number of nitrogens with zero attached hydrogens (tertiary/aromatic N) is 10. The van der Waals surface area contributed by atoms with E-state index < -0.39 is 11.9 Å². The third kappa shape index (κ3) is 15.6. The number of thioether (sulfide) groups is 2. The zero-order chi connectivity index (χ0) is 79.9. The van der Waals surface area contributed by atoms with E-state index >= 15 is 0 Å². The van der Waals surface area contributed by atoms with Crippen molar-refractivity contribution in [2.75, 3.05) is 74.7 Å². The van der Waals surface area contributed by atoms with Crippen molar-refractivity contribution in [3.8, 4) is 56.0 Å². The molecule has 0 aliphatic heterocycles. The fourth-order valence-corrected chi connectivity index (χ4v) is 17.6. The molecule has 0 bridgehead atoms. The number of anilines is 4. The molecule has 21 heteroatoms. The summed E-state index contributed by atoms with van der Waals surface area (Å²) in [6.45, 7) is 0.431. The van der Waals surface area contributed by atoms with E-state index in [9.17, 15) is 19.2 Å². The second-order valence-electron chi connectivity index (χ2n) is 27.4. The van der Waals surface area contributed by atoms with Gasteiger partial charge in [-0.3, -0.25) is 29.6 Å². The number of hydrogen-bond donors (Lipinski definition) is 0. The Morgan fingerprint density at radius 2 is 0.521 bits per heavy atom. The van der Waals surface area contributed by atoms with Crippen LogP contribution in [0.1, 0.15) is 85.9 Å². The normalized spacial score (nSPS) is 13.4. The first-order chi connectivity index (χ1) is 57.4. The average molecular weight is 1590 g/mol. The number of benzene rings is 13. The summed E-state index contributed by atoms with van der Waals surface area (Å²) in [7, 11) is 7.67. The quantitative estimate of drug-likeness (QED) is 0.0269. The van der Waals surface area contributed by atoms with Crippen LogP contribution in [0.5, 0.6) is 11.5 Å². The molecule has 0 fully saturated rings. The van der Waals surface area contributed by atoms with E-state index in [0.717, 1.165) is 158 Å². The van der Waals surface area contributed by atoms with Crippen LogP contribution in [-0.4, -0.2) is 110 Å². The lowest BCUT2D eigenvalue weighted by atomic mass is 9.99. The molecule has 1 aromatic heterocycles. The van der Waals surface area contributed by atoms with Crippen LogP contribution in [0.25, 0.3) is 44.5 Å². The molecule has 18 rings (SSSR count). The molecule has 0 N–H and O–H groups in total. The Balaban J connectivity index is 0.000000169. The number of carbonyl (C=O) groups is 4. The van der Waals surface area contributed by atoms with Gasteiger partial charge in [-0.2, -0.15) is 20.4 Å². The molecule has 18 nitrogen and oxygen atoms in total. The molecule has 0 spiro atoms. The van der Waals surface area contributed by atoms with Gasteiger partial charge in [-0.25, -0.2) is 9.59 Å². The molecule has 0 unspecified atom stereocenters. The van der Waals surface area contributed by atoms with Crippen molar-refractivity contribution in [1.29, 1.82) is 0 Å². The van der Waals surface area contributed by atoms with Crippen molar-refractivity contribution in [2.24, 2.45) is 20.4 Å². The van der Waals surface area contributed by atoms with Gasteiger partial charge in [-0.15, -0.1) is 10.2 Å². The fourth-order valence-electron chi connectivity index (χ4n) is 14.8. The standard InChI is InChI=1S/C52H42N4O6.C44H30N6O2S3/c1-55(35-15-5-3-6-16-35)53-49-41-21-11-9-19-39(41)47-43(49)23-13-25-45(47)51(57)61-33-31-59-37-27-29-38(30-28-37)60-32-34-62-52(58)46-26-14-24-44-48(46)40-20-10-12-22-42(40)50(44)54-56(2)36-17-7-4-8-18-36;1-49(27-15-5-3-6-16-27)47-39-31-21-11-9-19-29(31)37-33(39)23-13-25-35(37)41(51)53-43-45-46-44(55-43)54-42(52)36-26-14-24-34-38(36)30-20-10-12-22-32(30)40(34)48-50(2)28-17-7-4-8-18-28/h3-30H,31-34H2,1-2H3;3-26H,1-2H3. The lowest BCUT2D eigenvalue weighted by Crippen LogP contribution is -2.15. The van der Waals surface area contributed by atoms with E-state index in [-0.39, 0.29) is 36.7 Å². The van der Waals surface area contributed by atoms with Gasteiger partial charge in [0.2, 0.25) is 10.2 Å². The van der Waals surface area contributed by atoms with E-state index in [4.69, 9.17) is 39.4 Å². The van der Waals surface area contributed by atoms with Gasteiger partial charge in [0.25, 0.3) is 0 Å². The summed E-state index contributed by atoms with van der Waals surface area (Å²) in [5.41, 5.74) is 23.6. The minimum absolute atomic E-state index is 0.0561. The number of ether oxygens (including phenoxy) is 4. The van der Waals surface area contributed by atoms with Crippen molar-refractivity contribution in [3.05, 3.63) is 382 Å². The van der Waals surface area contributed by atoms with Crippen LogP contribution < -0.4 is 29.5 Å². The first-order valence-electron chi connectivity index (χ1n) is 37.8. The van der Waals surface area contributed by atoms with E-state index in [1.54, 1.807) is 36.4 Å². The van der Waals surface area contributed by atoms with Crippen molar-refractivity contribution < 1.29 is 38.1 Å². The first-order valence-corrected chi connectivity index (χ1v) is 40.2. The van der Waals surface area contributed by atoms with Crippen LogP contribution in [-0.2, 0) is 9.47 Å². The van der Waals surface area contributed by atoms with Gasteiger partial charge in [0.05, 0.1) is 56.7 Å². The summed E-state index contributed by atoms with van der Waals surface area (Å²) in [5.74, 6) is 0.311. The number of para-hydroxylation sites is 4. The maximum Gasteiger partial charge on any atom is 0.338 e. The molecular weight excluding hydrogens is 1520 g/mol. The number of aromatic nitrogens is 2. The Hall–Kier alpha value is -14.1. The van der Waals surface area contributed by atoms with Crippen LogP contribution >= 0.6 is 34.9 Å². The summed E-state index contributed by atoms with van der Waals surface area (Å²) in [5, 5.41) is 35.6. The van der Waals surface area contributed by atoms with E-state index in [1.807, 2.05) is 327 Å². The Kier molecular flexibility index (Phi) is 21.9. The summed E-state index contributed by atoms with van der Waals surface area (Å²) in [6.07, 6.45) is 0. The predicted molar refractivity (Wildman–Crippen MR) is 468 cm³/mol. The molecule has 0 saturated heterocycles. The van der Waals surface area contributed by atoms with Crippen molar-refractivity contribution in [2.45, 2.75) is 8.68 Å². The van der Waals surface area contributed by atoms with Crippen LogP contribution in [0.3, 0.4) is 0 Å². The summed E-state index contributed by atoms with van der Waals surface area (Å²) in [6, 6.07) is 102. The average Bonchev–Trinajstić information content (AvgIpc) is 1.62. The zero-order valence-electron chi connectivity index (χ0n) is 63.8. The van der Waals surface area contributed by atoms with Gasteiger partial charge in [0.1, 0.15) is 37.9 Å². The minimum Gasteiger partial charge on any atom is -0.490 e. The largest absolute Gasteiger partial charge is 0.490 e. The fraction of sp³-hybridized carbons (Fsp3) is 0.0833. The lowest BCUT2D eigenvalue weighted by Gasteiger charge is -2.15. The molecule has 0 amide bonds. The molecule has 4 aliphatic rings. The molecule has 1 heterocycles. The molecule has 4 aliphatic carbocycles. The van der Waals surface area contributed by atoms with Gasteiger partial charge in [0.15, 0.2) is 8.68 Å². The molecule has 572 valence electrons. The number of carbonyl (C=O) groups excluding carboxylic acids is 4. The third-order valence-corrected chi connectivity index (χ3v) is 23.1. The van der Waals surface area contributed by atoms with Gasteiger partial charge < -0.3 is 18.9 Å². The third-order valence-electron chi connectivity index (χ3n) is 20.2. The number of rotatable bonds is 22. The predicted octanol–water partition coefficient (Wildman–Crippen LogP) is 20.0. The smallest absolute Gasteiger partial charge is 0.338 e. The number of hydrazone groups is 4. The summed E-state index contributed by atoms with van der Waals surface area (Å²) in [4.78, 5) is 54.9. The topological polar surface area (TPSA) is 193 Å². The highest BCUT2D eigenvalue weighted by atomic mass is 32.2. The van der Waals surface area contributed by atoms with Gasteiger partial charge in [0, 0.05) is 106 Å². The summed E-state index contributed by atoms with van der Waals surface area (Å²) >= 11 is 3.27. The molecular formula is C96H72N10O8S3. The highest BCUT2D eigenvalue weighted by Crippen LogP contribution is 2.47. The Labute approximate surface area is 688 Å². The van der Waals surface area contributed by atoms with Gasteiger partial charge in [-0.1, -0.05) is 230 Å². The second kappa shape index (κ2) is 33.9. The Bertz CT molecular complexity index is 5910. The lowest BCUT2D eigenvalue weighted by molar-refractivity contribution is 0.0441. The SMILES string of the molecule is CN(N=C1c2ccccc2-c2c(C(=O)OCCOc3ccc(OCCOC(=O)c4cccc5c4-c4ccccc4C5=NN(C)c4ccccc4)cc3)cccc21)c1ccccc1.CN(N=C1c2ccccc2-c2c(C(=O)Sc3nnc(SC(=O)c4cccc5c4-c4ccccc4C5=NN(C)c4ccccc4)s3)cccc21)c1ccccc1. The van der Waals surface area contributed by atoms with Gasteiger partial charge in [-0.05, 0) is 143 Å². The van der Waals surface area contributed by atoms with E-state index in [1.165, 1.54) is 11.3 Å². The second-order valence-corrected chi connectivity index (χ2v) is 30.8. The van der Waals surface area contributed by atoms with Crippen LogP contribution in [0.15, 0.2) is 345 Å². The van der Waals surface area contributed by atoms with Crippen LogP contribution in [0.2, 0.25) is 0 Å². The number of hydrogen-bond acceptors (Lipinski definition) is 21. The van der Waals surface area contributed by atoms with Gasteiger partial charge >= 0.3 is 11.9 Å². The maximum atomic E-state index is 14.0. The monoisotopic (exact) mass is 1590 g/mol. The highest BCUT2D eigenvalue weighted by Gasteiger charge is 2.35. The molecule has 117 heavy (non-hydrogen) atoms. The molecule has 0 saturated carbocycles. The Morgan fingerprint density at radius 1 is 0.282 bits per heavy atom. The molecule has 0 radical (unpaired) electrons. The summed E-state index contributed by atoms with van der Waals surface area (Å²) < 4.78 is 24.1. The Morgan fingerprint density at radius 3 is 0.803 bits per heavy atom. The first kappa shape index (κ1) is 75.6. The number of fused-ring (bicyclic) bond motifs is 12. The van der Waals surface area contributed by atoms with Crippen molar-refractivity contribution in [1.82, 2.24) is 10.2 Å². The van der Waals surface area contributed by atoms with E-state index in [0.29, 0.717) is 42.4 Å². The van der Waals surface area contributed by atoms with Crippen molar-refractivity contribution >= 4 is 103 Å². The molecule has 14 aromatic rings. The molecule has 13 aromatic carbocycles. The highest BCUT2D eigenvalue weighted by molar-refractivity contribution is 8.17. The van der Waals surface area contributed by atoms with Crippen LogP contribution in [0, 0.1) is 0 Å². The maximum absolute atomic E-state index is 14.0. The number of esters is 2. The van der Waals surface area contributed by atoms with E-state index in [2.05, 4.69) is 10.2 Å². The zero-order valence-corrected chi connectivity index (χ0v) is 66.3. The van der Waals surface area contributed by atoms with Crippen LogP contribution in [0.4, 0.5) is 22.7 Å². The minimum atomic E-state index is -0.436. The molecule has 0 atom stereocenters.